The minimum atomic E-state index is -3.96. The molecule has 0 saturated carbocycles. The molecule has 1 aromatic heterocycles. The number of nitrogens with zero attached hydrogens (tertiary/aromatic N) is 3. The molecule has 128 valence electrons. The SMILES string of the molecule is O=[N+]([O-])c1cccc(S(=O)(=O)Nc2ccn(Cc3ccccc3)n2)c1. The zero-order chi connectivity index (χ0) is 17.9. The molecule has 0 unspecified atom stereocenters. The number of hydrogen-bond acceptors (Lipinski definition) is 5. The first kappa shape index (κ1) is 16.7. The van der Waals surface area contributed by atoms with Crippen molar-refractivity contribution in [1.29, 1.82) is 0 Å². The quantitative estimate of drug-likeness (QED) is 0.538. The summed E-state index contributed by atoms with van der Waals surface area (Å²) < 4.78 is 28.6. The van der Waals surface area contributed by atoms with Crippen LogP contribution in [0.25, 0.3) is 0 Å². The second-order valence-electron chi connectivity index (χ2n) is 5.24. The Morgan fingerprint density at radius 2 is 1.84 bits per heavy atom. The third kappa shape index (κ3) is 4.01. The van der Waals surface area contributed by atoms with E-state index in [-0.39, 0.29) is 16.4 Å². The summed E-state index contributed by atoms with van der Waals surface area (Å²) in [6.45, 7) is 0.499. The lowest BCUT2D eigenvalue weighted by Crippen LogP contribution is -2.14. The third-order valence-corrected chi connectivity index (χ3v) is 4.76. The monoisotopic (exact) mass is 358 g/mol. The van der Waals surface area contributed by atoms with Gasteiger partial charge in [-0.15, -0.1) is 0 Å². The Labute approximate surface area is 143 Å². The summed E-state index contributed by atoms with van der Waals surface area (Å²) in [5, 5.41) is 15.0. The van der Waals surface area contributed by atoms with Gasteiger partial charge in [0, 0.05) is 24.4 Å². The Morgan fingerprint density at radius 3 is 2.56 bits per heavy atom. The van der Waals surface area contributed by atoms with Crippen LogP contribution in [0.3, 0.4) is 0 Å². The summed E-state index contributed by atoms with van der Waals surface area (Å²) >= 11 is 0. The highest BCUT2D eigenvalue weighted by Gasteiger charge is 2.18. The molecule has 9 heteroatoms. The number of hydrogen-bond donors (Lipinski definition) is 1. The van der Waals surface area contributed by atoms with E-state index < -0.39 is 14.9 Å². The van der Waals surface area contributed by atoms with Crippen LogP contribution in [0.4, 0.5) is 11.5 Å². The van der Waals surface area contributed by atoms with Crippen LogP contribution in [-0.2, 0) is 16.6 Å². The molecule has 3 aromatic rings. The van der Waals surface area contributed by atoms with Crippen LogP contribution in [0.5, 0.6) is 0 Å². The summed E-state index contributed by atoms with van der Waals surface area (Å²) in [6, 6.07) is 16.0. The van der Waals surface area contributed by atoms with E-state index in [1.807, 2.05) is 30.3 Å². The maximum atomic E-state index is 12.4. The van der Waals surface area contributed by atoms with Crippen molar-refractivity contribution in [2.45, 2.75) is 11.4 Å². The van der Waals surface area contributed by atoms with Crippen LogP contribution in [0.2, 0.25) is 0 Å². The minimum absolute atomic E-state index is 0.141. The van der Waals surface area contributed by atoms with Gasteiger partial charge in [-0.1, -0.05) is 36.4 Å². The second-order valence-corrected chi connectivity index (χ2v) is 6.93. The van der Waals surface area contributed by atoms with E-state index >= 15 is 0 Å². The number of anilines is 1. The maximum Gasteiger partial charge on any atom is 0.270 e. The number of nitro groups is 1. The predicted molar refractivity (Wildman–Crippen MR) is 91.7 cm³/mol. The van der Waals surface area contributed by atoms with Crippen molar-refractivity contribution in [3.63, 3.8) is 0 Å². The first-order valence-electron chi connectivity index (χ1n) is 7.29. The molecule has 25 heavy (non-hydrogen) atoms. The average molecular weight is 358 g/mol. The maximum absolute atomic E-state index is 12.4. The second kappa shape index (κ2) is 6.73. The van der Waals surface area contributed by atoms with E-state index in [1.54, 1.807) is 10.9 Å². The van der Waals surface area contributed by atoms with Gasteiger partial charge in [0.25, 0.3) is 15.7 Å². The number of non-ortho nitro benzene ring substituents is 1. The molecule has 0 bridgehead atoms. The van der Waals surface area contributed by atoms with Crippen molar-refractivity contribution < 1.29 is 13.3 Å². The Kier molecular flexibility index (Phi) is 4.48. The molecule has 0 amide bonds. The fourth-order valence-electron chi connectivity index (χ4n) is 2.24. The number of nitro benzene ring substituents is 1. The van der Waals surface area contributed by atoms with Crippen LogP contribution in [0.15, 0.2) is 71.8 Å². The van der Waals surface area contributed by atoms with Gasteiger partial charge < -0.3 is 0 Å². The topological polar surface area (TPSA) is 107 Å². The highest BCUT2D eigenvalue weighted by Crippen LogP contribution is 2.19. The zero-order valence-corrected chi connectivity index (χ0v) is 13.8. The van der Waals surface area contributed by atoms with Crippen LogP contribution >= 0.6 is 0 Å². The number of nitrogens with one attached hydrogen (secondary N) is 1. The van der Waals surface area contributed by atoms with Crippen molar-refractivity contribution in [3.8, 4) is 0 Å². The van der Waals surface area contributed by atoms with Gasteiger partial charge in [-0.05, 0) is 11.6 Å². The van der Waals surface area contributed by atoms with Crippen molar-refractivity contribution >= 4 is 21.5 Å². The first-order valence-corrected chi connectivity index (χ1v) is 8.77. The van der Waals surface area contributed by atoms with Gasteiger partial charge in [0.1, 0.15) is 0 Å². The molecule has 2 aromatic carbocycles. The summed E-state index contributed by atoms with van der Waals surface area (Å²) in [5.41, 5.74) is 0.733. The molecule has 0 atom stereocenters. The van der Waals surface area contributed by atoms with Gasteiger partial charge in [-0.2, -0.15) is 5.10 Å². The molecule has 3 rings (SSSR count). The predicted octanol–water partition coefficient (Wildman–Crippen LogP) is 2.64. The van der Waals surface area contributed by atoms with E-state index in [4.69, 9.17) is 0 Å². The Balaban J connectivity index is 1.78. The first-order chi connectivity index (χ1) is 11.9. The van der Waals surface area contributed by atoms with Gasteiger partial charge in [-0.3, -0.25) is 19.5 Å². The normalized spacial score (nSPS) is 11.2. The highest BCUT2D eigenvalue weighted by atomic mass is 32.2. The third-order valence-electron chi connectivity index (χ3n) is 3.41. The summed E-state index contributed by atoms with van der Waals surface area (Å²) in [5.74, 6) is 0.141. The smallest absolute Gasteiger partial charge is 0.266 e. The molecule has 0 aliphatic carbocycles. The molecule has 1 N–H and O–H groups in total. The molecular weight excluding hydrogens is 344 g/mol. The number of benzene rings is 2. The van der Waals surface area contributed by atoms with E-state index in [9.17, 15) is 18.5 Å². The lowest BCUT2D eigenvalue weighted by Gasteiger charge is -2.05. The minimum Gasteiger partial charge on any atom is -0.266 e. The average Bonchev–Trinajstić information content (AvgIpc) is 3.02. The molecule has 0 aliphatic heterocycles. The van der Waals surface area contributed by atoms with E-state index in [1.165, 1.54) is 24.3 Å². The van der Waals surface area contributed by atoms with Crippen LogP contribution in [0.1, 0.15) is 5.56 Å². The van der Waals surface area contributed by atoms with Gasteiger partial charge in [0.05, 0.1) is 16.4 Å². The van der Waals surface area contributed by atoms with Gasteiger partial charge >= 0.3 is 0 Å². The van der Waals surface area contributed by atoms with Crippen molar-refractivity contribution in [2.75, 3.05) is 4.72 Å². The Hall–Kier alpha value is -3.20. The molecule has 0 spiro atoms. The molecule has 1 heterocycles. The fourth-order valence-corrected chi connectivity index (χ4v) is 3.27. The molecule has 0 radical (unpaired) electrons. The van der Waals surface area contributed by atoms with Crippen LogP contribution in [-0.4, -0.2) is 23.1 Å². The number of sulfonamides is 1. The Morgan fingerprint density at radius 1 is 1.08 bits per heavy atom. The van der Waals surface area contributed by atoms with Crippen LogP contribution < -0.4 is 4.72 Å². The lowest BCUT2D eigenvalue weighted by molar-refractivity contribution is -0.385. The number of aromatic nitrogens is 2. The molecule has 0 aliphatic rings. The van der Waals surface area contributed by atoms with Crippen LogP contribution in [0, 0.1) is 10.1 Å². The van der Waals surface area contributed by atoms with Gasteiger partial charge in [0.15, 0.2) is 5.82 Å². The number of rotatable bonds is 6. The van der Waals surface area contributed by atoms with Crippen molar-refractivity contribution in [2.24, 2.45) is 0 Å². The van der Waals surface area contributed by atoms with Gasteiger partial charge in [-0.25, -0.2) is 8.42 Å². The van der Waals surface area contributed by atoms with E-state index in [0.717, 1.165) is 11.6 Å². The fraction of sp³-hybridized carbons (Fsp3) is 0.0625. The molecular formula is C16H14N4O4S. The molecule has 0 fully saturated rings. The summed E-state index contributed by atoms with van der Waals surface area (Å²) in [6.07, 6.45) is 1.65. The van der Waals surface area contributed by atoms with E-state index in [0.29, 0.717) is 6.54 Å². The summed E-state index contributed by atoms with van der Waals surface area (Å²) in [4.78, 5) is 9.95. The molecule has 0 saturated heterocycles. The highest BCUT2D eigenvalue weighted by molar-refractivity contribution is 7.92. The Bertz CT molecular complexity index is 1000. The van der Waals surface area contributed by atoms with E-state index in [2.05, 4.69) is 9.82 Å². The molecule has 8 nitrogen and oxygen atoms in total. The van der Waals surface area contributed by atoms with Gasteiger partial charge in [0.2, 0.25) is 0 Å². The standard InChI is InChI=1S/C16H14N4O4S/c21-20(22)14-7-4-8-15(11-14)25(23,24)18-16-9-10-19(17-16)12-13-5-2-1-3-6-13/h1-11H,12H2,(H,17,18). The van der Waals surface area contributed by atoms with Crippen molar-refractivity contribution in [3.05, 3.63) is 82.5 Å². The summed E-state index contributed by atoms with van der Waals surface area (Å²) in [7, 11) is -3.96. The largest absolute Gasteiger partial charge is 0.270 e. The zero-order valence-electron chi connectivity index (χ0n) is 12.9. The lowest BCUT2D eigenvalue weighted by atomic mass is 10.2. The van der Waals surface area contributed by atoms with Crippen molar-refractivity contribution in [1.82, 2.24) is 9.78 Å².